The van der Waals surface area contributed by atoms with Gasteiger partial charge in [-0.15, -0.1) is 0 Å². The Kier molecular flexibility index (Phi) is 8.71. The van der Waals surface area contributed by atoms with Gasteiger partial charge in [0.25, 0.3) is 7.52 Å². The first-order valence-electron chi connectivity index (χ1n) is 11.9. The summed E-state index contributed by atoms with van der Waals surface area (Å²) in [5.41, 5.74) is 5.70. The summed E-state index contributed by atoms with van der Waals surface area (Å²) in [6, 6.07) is 0. The molecule has 3 unspecified atom stereocenters. The molecular weight excluding hydrogens is 491 g/mol. The molecule has 14 heteroatoms. The van der Waals surface area contributed by atoms with E-state index in [2.05, 4.69) is 20.0 Å². The number of esters is 2. The molecule has 1 fully saturated rings. The third kappa shape index (κ3) is 7.00. The van der Waals surface area contributed by atoms with E-state index in [1.54, 1.807) is 45.5 Å². The van der Waals surface area contributed by atoms with Crippen LogP contribution in [0, 0.1) is 0 Å². The number of anilines is 1. The Hall–Kier alpha value is -2.60. The van der Waals surface area contributed by atoms with E-state index < -0.39 is 43.6 Å². The number of nitrogens with zero attached hydrogens (tertiary/aromatic N) is 4. The van der Waals surface area contributed by atoms with Gasteiger partial charge >= 0.3 is 11.9 Å². The number of nitrogens with one attached hydrogen (secondary N) is 1. The van der Waals surface area contributed by atoms with Crippen molar-refractivity contribution in [3.8, 4) is 0 Å². The first-order chi connectivity index (χ1) is 16.8. The van der Waals surface area contributed by atoms with Crippen LogP contribution in [0.5, 0.6) is 0 Å². The monoisotopic (exact) mass is 526 g/mol. The minimum Gasteiger partial charge on any atom is -0.462 e. The molecule has 2 heterocycles. The minimum atomic E-state index is -3.87. The lowest BCUT2D eigenvalue weighted by atomic mass is 10.3. The van der Waals surface area contributed by atoms with Crippen LogP contribution >= 0.6 is 7.52 Å². The molecule has 1 saturated carbocycles. The van der Waals surface area contributed by atoms with Gasteiger partial charge in [0.05, 0.1) is 31.2 Å². The molecule has 36 heavy (non-hydrogen) atoms. The molecule has 3 N–H and O–H groups in total. The Morgan fingerprint density at radius 3 is 2.39 bits per heavy atom. The number of hydrogen-bond acceptors (Lipinski definition) is 11. The van der Waals surface area contributed by atoms with Crippen LogP contribution in [-0.2, 0) is 39.4 Å². The van der Waals surface area contributed by atoms with Gasteiger partial charge < -0.3 is 29.0 Å². The average molecular weight is 527 g/mol. The van der Waals surface area contributed by atoms with E-state index in [1.165, 1.54) is 13.3 Å². The van der Waals surface area contributed by atoms with Crippen molar-refractivity contribution in [3.05, 3.63) is 12.7 Å². The summed E-state index contributed by atoms with van der Waals surface area (Å²) in [6.45, 7) is 10.4. The normalized spacial score (nSPS) is 18.1. The zero-order valence-electron chi connectivity index (χ0n) is 21.5. The number of fused-ring (bicyclic) bond motifs is 1. The van der Waals surface area contributed by atoms with Gasteiger partial charge in [0, 0.05) is 0 Å². The number of nitrogen functional groups attached to an aromatic ring is 1. The van der Waals surface area contributed by atoms with Crippen molar-refractivity contribution in [2.45, 2.75) is 90.9 Å². The molecular formula is C22H35N6O7P. The third-order valence-corrected chi connectivity index (χ3v) is 7.21. The zero-order chi connectivity index (χ0) is 26.7. The molecule has 2 aromatic rings. The van der Waals surface area contributed by atoms with Crippen molar-refractivity contribution in [3.63, 3.8) is 0 Å². The Balaban J connectivity index is 1.72. The maximum atomic E-state index is 13.9. The molecule has 0 radical (unpaired) electrons. The molecule has 0 aliphatic heterocycles. The molecule has 3 rings (SSSR count). The topological polar surface area (TPSA) is 170 Å². The third-order valence-electron chi connectivity index (χ3n) is 5.29. The number of rotatable bonds is 13. The van der Waals surface area contributed by atoms with E-state index >= 15 is 0 Å². The molecule has 0 saturated heterocycles. The Morgan fingerprint density at radius 2 is 1.78 bits per heavy atom. The smallest absolute Gasteiger partial charge is 0.335 e. The molecule has 13 nitrogen and oxygen atoms in total. The van der Waals surface area contributed by atoms with Crippen LogP contribution in [0.2, 0.25) is 0 Å². The summed E-state index contributed by atoms with van der Waals surface area (Å²) in [4.78, 5) is 37.3. The minimum absolute atomic E-state index is 0.264. The summed E-state index contributed by atoms with van der Waals surface area (Å²) in [5.74, 6) is -0.925. The van der Waals surface area contributed by atoms with E-state index in [4.69, 9.17) is 24.5 Å². The largest absolute Gasteiger partial charge is 0.462 e. The van der Waals surface area contributed by atoms with E-state index in [0.29, 0.717) is 30.6 Å². The summed E-state index contributed by atoms with van der Waals surface area (Å²) >= 11 is 0. The Morgan fingerprint density at radius 1 is 1.11 bits per heavy atom. The number of carbonyl (C=O) groups is 2. The van der Waals surface area contributed by atoms with Gasteiger partial charge in [0.1, 0.15) is 23.7 Å². The summed E-state index contributed by atoms with van der Waals surface area (Å²) in [6.07, 6.45) is 1.04. The van der Waals surface area contributed by atoms with E-state index in [-0.39, 0.29) is 18.0 Å². The number of ether oxygens (including phenoxy) is 3. The lowest BCUT2D eigenvalue weighted by molar-refractivity contribution is -0.155. The van der Waals surface area contributed by atoms with Crippen LogP contribution in [0.3, 0.4) is 0 Å². The van der Waals surface area contributed by atoms with E-state index in [1.807, 2.05) is 0 Å². The van der Waals surface area contributed by atoms with Gasteiger partial charge in [-0.05, 0) is 54.4 Å². The Bertz CT molecular complexity index is 1130. The van der Waals surface area contributed by atoms with Gasteiger partial charge in [-0.3, -0.25) is 9.36 Å². The lowest BCUT2D eigenvalue weighted by Crippen LogP contribution is -2.42. The quantitative estimate of drug-likeness (QED) is 0.289. The van der Waals surface area contributed by atoms with Crippen LogP contribution in [0.4, 0.5) is 5.82 Å². The number of nitrogens with two attached hydrogens (primary N) is 1. The van der Waals surface area contributed by atoms with Crippen molar-refractivity contribution in [1.82, 2.24) is 24.6 Å². The predicted octanol–water partition coefficient (Wildman–Crippen LogP) is 2.39. The highest BCUT2D eigenvalue weighted by atomic mass is 31.2. The molecule has 1 aliphatic rings. The van der Waals surface area contributed by atoms with Gasteiger partial charge in [0.15, 0.2) is 17.6 Å². The van der Waals surface area contributed by atoms with Crippen LogP contribution in [0.15, 0.2) is 12.7 Å². The molecule has 0 spiro atoms. The second-order valence-corrected chi connectivity index (χ2v) is 11.5. The van der Waals surface area contributed by atoms with Gasteiger partial charge in [0.2, 0.25) is 0 Å². The summed E-state index contributed by atoms with van der Waals surface area (Å²) in [5, 5.41) is 2.85. The van der Waals surface area contributed by atoms with Crippen molar-refractivity contribution in [1.29, 1.82) is 0 Å². The number of carbonyl (C=O) groups excluding carboxylic acids is 2. The summed E-state index contributed by atoms with van der Waals surface area (Å²) in [7, 11) is -3.87. The van der Waals surface area contributed by atoms with E-state index in [9.17, 15) is 14.2 Å². The average Bonchev–Trinajstić information content (AvgIpc) is 3.44. The van der Waals surface area contributed by atoms with Gasteiger partial charge in [-0.1, -0.05) is 0 Å². The lowest BCUT2D eigenvalue weighted by Gasteiger charge is -2.28. The second kappa shape index (κ2) is 11.2. The van der Waals surface area contributed by atoms with Crippen LogP contribution in [0.25, 0.3) is 11.2 Å². The van der Waals surface area contributed by atoms with E-state index in [0.717, 1.165) is 0 Å². The fraction of sp³-hybridized carbons (Fsp3) is 0.682. The summed E-state index contributed by atoms with van der Waals surface area (Å²) < 4.78 is 37.7. The molecule has 200 valence electrons. The fourth-order valence-corrected chi connectivity index (χ4v) is 5.64. The molecule has 2 aromatic heterocycles. The number of imidazole rings is 1. The van der Waals surface area contributed by atoms with Crippen LogP contribution in [0.1, 0.15) is 54.4 Å². The van der Waals surface area contributed by atoms with Crippen molar-refractivity contribution in [2.24, 2.45) is 0 Å². The van der Waals surface area contributed by atoms with Gasteiger partial charge in [-0.25, -0.2) is 24.8 Å². The predicted molar refractivity (Wildman–Crippen MR) is 131 cm³/mol. The van der Waals surface area contributed by atoms with Crippen LogP contribution in [-0.4, -0.2) is 67.8 Å². The second-order valence-electron chi connectivity index (χ2n) is 9.49. The standard InChI is InChI=1S/C22H35N6O7P/c1-13(2)33-20(29)16(6)35-36(31,27-22(7-8-22)21(30)34-14(3)4)12-32-15(5)9-28-11-26-17-18(23)24-10-25-19(17)28/h10-11,13-16H,7-9,12H2,1-6H3,(H,27,31)(H2,23,24,25). The van der Waals surface area contributed by atoms with Crippen LogP contribution < -0.4 is 10.8 Å². The highest BCUT2D eigenvalue weighted by Crippen LogP contribution is 2.52. The first-order valence-corrected chi connectivity index (χ1v) is 13.7. The van der Waals surface area contributed by atoms with Gasteiger partial charge in [-0.2, -0.15) is 0 Å². The SMILES string of the molecule is CC(C)OC(=O)C(C)OP(=O)(COC(C)Cn1cnc2c(N)ncnc21)NC1(C(=O)OC(C)C)CC1. The molecule has 1 aliphatic carbocycles. The highest BCUT2D eigenvalue weighted by molar-refractivity contribution is 7.56. The van der Waals surface area contributed by atoms with Crippen molar-refractivity contribution < 1.29 is 32.9 Å². The number of hydrogen-bond donors (Lipinski definition) is 2. The molecule has 0 bridgehead atoms. The maximum absolute atomic E-state index is 13.9. The number of aromatic nitrogens is 4. The highest BCUT2D eigenvalue weighted by Gasteiger charge is 2.56. The molecule has 0 aromatic carbocycles. The van der Waals surface area contributed by atoms with Crippen molar-refractivity contribution >= 4 is 36.4 Å². The fourth-order valence-electron chi connectivity index (χ4n) is 3.44. The first kappa shape index (κ1) is 28.0. The van der Waals surface area contributed by atoms with Crippen molar-refractivity contribution in [2.75, 3.05) is 12.1 Å². The molecule has 3 atom stereocenters. The Labute approximate surface area is 209 Å². The maximum Gasteiger partial charge on any atom is 0.335 e. The molecule has 0 amide bonds. The zero-order valence-corrected chi connectivity index (χ0v) is 22.4.